The second kappa shape index (κ2) is 1.24. The lowest BCUT2D eigenvalue weighted by Crippen LogP contribution is -2.00. The van der Waals surface area contributed by atoms with Gasteiger partial charge in [-0.05, 0) is 12.1 Å². The fourth-order valence-electron chi connectivity index (χ4n) is 1.48. The first-order valence-electron chi connectivity index (χ1n) is 3.37. The van der Waals surface area contributed by atoms with Crippen LogP contribution in [0.25, 0.3) is 12.3 Å². The fraction of sp³-hybridized carbons (Fsp3) is 0.125. The Kier molecular flexibility index (Phi) is 0.556. The molecule has 0 N–H and O–H groups in total. The number of aliphatic imine (C=N–C) groups is 1. The molecule has 0 aromatic carbocycles. The summed E-state index contributed by atoms with van der Waals surface area (Å²) < 4.78 is 2.17. The van der Waals surface area contributed by atoms with Crippen LogP contribution in [0.2, 0.25) is 0 Å². The first kappa shape index (κ1) is 4.50. The van der Waals surface area contributed by atoms with Gasteiger partial charge in [0, 0.05) is 23.7 Å². The van der Waals surface area contributed by atoms with Crippen LogP contribution in [0.15, 0.2) is 11.1 Å². The van der Waals surface area contributed by atoms with Crippen molar-refractivity contribution < 1.29 is 0 Å². The van der Waals surface area contributed by atoms with Crippen molar-refractivity contribution in [1.82, 2.24) is 4.57 Å². The summed E-state index contributed by atoms with van der Waals surface area (Å²) in [5, 5.41) is 0. The molecule has 0 unspecified atom stereocenters. The van der Waals surface area contributed by atoms with Crippen LogP contribution in [0.4, 0.5) is 0 Å². The van der Waals surface area contributed by atoms with Crippen molar-refractivity contribution in [3.05, 3.63) is 23.0 Å². The Morgan fingerprint density at radius 1 is 1.50 bits per heavy atom. The highest BCUT2D eigenvalue weighted by molar-refractivity contribution is 5.88. The zero-order valence-electron chi connectivity index (χ0n) is 5.41. The van der Waals surface area contributed by atoms with Gasteiger partial charge in [-0.15, -0.1) is 0 Å². The van der Waals surface area contributed by atoms with E-state index in [4.69, 9.17) is 0 Å². The molecule has 0 atom stereocenters. The highest BCUT2D eigenvalue weighted by Crippen LogP contribution is 2.26. The van der Waals surface area contributed by atoms with E-state index < -0.39 is 0 Å². The van der Waals surface area contributed by atoms with Crippen LogP contribution in [0.1, 0.15) is 17.0 Å². The summed E-state index contributed by atoms with van der Waals surface area (Å²) in [6, 6.07) is 2.20. The van der Waals surface area contributed by atoms with Crippen LogP contribution in [0.3, 0.4) is 0 Å². The van der Waals surface area contributed by atoms with Gasteiger partial charge in [-0.1, -0.05) is 0 Å². The molecule has 3 heterocycles. The molecule has 0 saturated heterocycles. The first-order chi connectivity index (χ1) is 4.95. The van der Waals surface area contributed by atoms with Gasteiger partial charge < -0.3 is 4.57 Å². The van der Waals surface area contributed by atoms with E-state index in [-0.39, 0.29) is 0 Å². The average Bonchev–Trinajstić information content (AvgIpc) is 2.35. The third-order valence-electron chi connectivity index (χ3n) is 2.06. The van der Waals surface area contributed by atoms with Gasteiger partial charge in [0.1, 0.15) is 0 Å². The SMILES string of the molecule is C1=Cn2c1cc1c2C=NC1. The second-order valence-corrected chi connectivity index (χ2v) is 2.64. The van der Waals surface area contributed by atoms with Crippen molar-refractivity contribution in [2.75, 3.05) is 0 Å². The predicted octanol–water partition coefficient (Wildman–Crippen LogP) is 1.36. The number of nitrogens with zero attached hydrogens (tertiary/aromatic N) is 2. The third-order valence-corrected chi connectivity index (χ3v) is 2.06. The summed E-state index contributed by atoms with van der Waals surface area (Å²) in [4.78, 5) is 4.17. The minimum atomic E-state index is 0.872. The second-order valence-electron chi connectivity index (χ2n) is 2.64. The third kappa shape index (κ3) is 0.328. The lowest BCUT2D eigenvalue weighted by molar-refractivity contribution is 1.09. The first-order valence-corrected chi connectivity index (χ1v) is 3.37. The maximum atomic E-state index is 4.17. The minimum absolute atomic E-state index is 0.872. The fourth-order valence-corrected chi connectivity index (χ4v) is 1.48. The predicted molar refractivity (Wildman–Crippen MR) is 41.0 cm³/mol. The van der Waals surface area contributed by atoms with Crippen molar-refractivity contribution in [3.8, 4) is 0 Å². The van der Waals surface area contributed by atoms with Gasteiger partial charge in [-0.2, -0.15) is 0 Å². The van der Waals surface area contributed by atoms with E-state index in [1.165, 1.54) is 17.0 Å². The smallest absolute Gasteiger partial charge is 0.0685 e. The maximum Gasteiger partial charge on any atom is 0.0685 e. The molecule has 1 aromatic rings. The Hall–Kier alpha value is -1.31. The topological polar surface area (TPSA) is 17.3 Å². The molecule has 2 heteroatoms. The largest absolute Gasteiger partial charge is 0.315 e. The van der Waals surface area contributed by atoms with E-state index >= 15 is 0 Å². The normalized spacial score (nSPS) is 16.8. The zero-order chi connectivity index (χ0) is 6.55. The molecule has 0 amide bonds. The number of rotatable bonds is 0. The molecule has 0 spiro atoms. The van der Waals surface area contributed by atoms with Crippen LogP contribution < -0.4 is 0 Å². The lowest BCUT2D eigenvalue weighted by Gasteiger charge is -2.08. The molecule has 0 aliphatic carbocycles. The van der Waals surface area contributed by atoms with E-state index in [1.807, 2.05) is 6.21 Å². The monoisotopic (exact) mass is 130 g/mol. The van der Waals surface area contributed by atoms with Gasteiger partial charge >= 0.3 is 0 Å². The van der Waals surface area contributed by atoms with Gasteiger partial charge in [0.25, 0.3) is 0 Å². The molecule has 48 valence electrons. The van der Waals surface area contributed by atoms with E-state index in [0.29, 0.717) is 0 Å². The van der Waals surface area contributed by atoms with Crippen molar-refractivity contribution in [2.45, 2.75) is 6.54 Å². The summed E-state index contributed by atoms with van der Waals surface area (Å²) in [7, 11) is 0. The van der Waals surface area contributed by atoms with E-state index in [9.17, 15) is 0 Å². The number of fused-ring (bicyclic) bond motifs is 3. The molecule has 10 heavy (non-hydrogen) atoms. The lowest BCUT2D eigenvalue weighted by atomic mass is 10.3. The van der Waals surface area contributed by atoms with E-state index in [2.05, 4.69) is 27.9 Å². The molecule has 0 saturated carbocycles. The number of aromatic nitrogens is 1. The zero-order valence-corrected chi connectivity index (χ0v) is 5.41. The van der Waals surface area contributed by atoms with Crippen LogP contribution in [0.5, 0.6) is 0 Å². The molecular formula is C8H6N2. The van der Waals surface area contributed by atoms with Crippen molar-refractivity contribution >= 4 is 18.5 Å². The van der Waals surface area contributed by atoms with Gasteiger partial charge in [0.15, 0.2) is 0 Å². The van der Waals surface area contributed by atoms with Crippen LogP contribution in [-0.4, -0.2) is 10.8 Å². The van der Waals surface area contributed by atoms with Gasteiger partial charge in [-0.3, -0.25) is 4.99 Å². The minimum Gasteiger partial charge on any atom is -0.315 e. The summed E-state index contributed by atoms with van der Waals surface area (Å²) in [5.41, 5.74) is 3.95. The van der Waals surface area contributed by atoms with Gasteiger partial charge in [0.2, 0.25) is 0 Å². The molecule has 2 aliphatic rings. The van der Waals surface area contributed by atoms with Crippen molar-refractivity contribution in [3.63, 3.8) is 0 Å². The van der Waals surface area contributed by atoms with Crippen LogP contribution in [0, 0.1) is 0 Å². The van der Waals surface area contributed by atoms with Crippen LogP contribution in [-0.2, 0) is 6.54 Å². The summed E-state index contributed by atoms with van der Waals surface area (Å²) in [5.74, 6) is 0. The highest BCUT2D eigenvalue weighted by Gasteiger charge is 2.17. The van der Waals surface area contributed by atoms with E-state index in [1.54, 1.807) is 0 Å². The highest BCUT2D eigenvalue weighted by atomic mass is 15.0. The summed E-state index contributed by atoms with van der Waals surface area (Å²) in [6.07, 6.45) is 6.14. The standard InChI is InChI=1S/C8H6N2/c1-2-10-7(1)3-6-4-9-5-8(6)10/h1-3,5H,4H2. The molecule has 0 fully saturated rings. The number of hydrogen-bond acceptors (Lipinski definition) is 1. The average molecular weight is 130 g/mol. The quantitative estimate of drug-likeness (QED) is 0.512. The van der Waals surface area contributed by atoms with Crippen molar-refractivity contribution in [1.29, 1.82) is 0 Å². The molecule has 3 rings (SSSR count). The molecule has 2 nitrogen and oxygen atoms in total. The van der Waals surface area contributed by atoms with Crippen LogP contribution >= 0.6 is 0 Å². The Balaban J connectivity index is 2.40. The maximum absolute atomic E-state index is 4.17. The Morgan fingerprint density at radius 3 is 3.30 bits per heavy atom. The molecule has 0 radical (unpaired) electrons. The molecule has 2 aliphatic heterocycles. The Morgan fingerprint density at radius 2 is 2.50 bits per heavy atom. The summed E-state index contributed by atoms with van der Waals surface area (Å²) >= 11 is 0. The van der Waals surface area contributed by atoms with Gasteiger partial charge in [-0.25, -0.2) is 0 Å². The van der Waals surface area contributed by atoms with E-state index in [0.717, 1.165) is 6.54 Å². The Labute approximate surface area is 58.5 Å². The van der Waals surface area contributed by atoms with Gasteiger partial charge in [0.05, 0.1) is 12.2 Å². The molecule has 1 aromatic heterocycles. The Bertz CT molecular complexity index is 356. The summed E-state index contributed by atoms with van der Waals surface area (Å²) in [6.45, 7) is 0.872. The molecular weight excluding hydrogens is 124 g/mol. The van der Waals surface area contributed by atoms with Crippen molar-refractivity contribution in [2.24, 2.45) is 4.99 Å². The number of hydrogen-bond donors (Lipinski definition) is 0. The molecule has 0 bridgehead atoms.